The zero-order chi connectivity index (χ0) is 15.9. The van der Waals surface area contributed by atoms with E-state index in [9.17, 15) is 0 Å². The second kappa shape index (κ2) is 8.16. The fourth-order valence-electron chi connectivity index (χ4n) is 2.90. The van der Waals surface area contributed by atoms with Crippen molar-refractivity contribution in [1.82, 2.24) is 9.97 Å². The third kappa shape index (κ3) is 4.83. The minimum absolute atomic E-state index is 0.777. The molecular formula is C18H23ClN4. The average Bonchev–Trinajstić information content (AvgIpc) is 2.86. The lowest BCUT2D eigenvalue weighted by molar-refractivity contribution is 0.726. The van der Waals surface area contributed by atoms with Gasteiger partial charge in [0, 0.05) is 30.7 Å². The molecule has 0 unspecified atom stereocenters. The van der Waals surface area contributed by atoms with Crippen molar-refractivity contribution in [1.29, 1.82) is 0 Å². The first-order valence-corrected chi connectivity index (χ1v) is 8.74. The van der Waals surface area contributed by atoms with Gasteiger partial charge in [0.05, 0.1) is 0 Å². The molecule has 4 nitrogen and oxygen atoms in total. The molecule has 0 spiro atoms. The highest BCUT2D eigenvalue weighted by molar-refractivity contribution is 6.30. The maximum Gasteiger partial charge on any atom is 0.134 e. The van der Waals surface area contributed by atoms with Gasteiger partial charge in [-0.25, -0.2) is 9.97 Å². The first-order chi connectivity index (χ1) is 11.3. The summed E-state index contributed by atoms with van der Waals surface area (Å²) in [5.74, 6) is 1.93. The molecule has 0 atom stereocenters. The molecule has 23 heavy (non-hydrogen) atoms. The summed E-state index contributed by atoms with van der Waals surface area (Å²) in [6.45, 7) is 3.04. The standard InChI is InChI=1S/C18H23ClN4/c19-16-7-5-15(6-8-16)9-10-20-17-13-18(22-14-21-17)23-11-3-1-2-4-12-23/h5-8,13-14H,1-4,9-12H2,(H,20,21,22). The van der Waals surface area contributed by atoms with E-state index in [0.717, 1.165) is 42.7 Å². The molecule has 1 aliphatic rings. The van der Waals surface area contributed by atoms with Gasteiger partial charge in [-0.3, -0.25) is 0 Å². The molecule has 0 bridgehead atoms. The van der Waals surface area contributed by atoms with Gasteiger partial charge in [0.25, 0.3) is 0 Å². The molecule has 1 saturated heterocycles. The zero-order valence-electron chi connectivity index (χ0n) is 13.3. The quantitative estimate of drug-likeness (QED) is 0.893. The first-order valence-electron chi connectivity index (χ1n) is 8.36. The predicted octanol–water partition coefficient (Wildman–Crippen LogP) is 4.17. The topological polar surface area (TPSA) is 41.0 Å². The molecule has 122 valence electrons. The van der Waals surface area contributed by atoms with Crippen molar-refractivity contribution in [2.24, 2.45) is 0 Å². The van der Waals surface area contributed by atoms with Crippen molar-refractivity contribution in [3.05, 3.63) is 47.2 Å². The van der Waals surface area contributed by atoms with Crippen molar-refractivity contribution in [3.8, 4) is 0 Å². The number of halogens is 1. The van der Waals surface area contributed by atoms with Crippen LogP contribution in [0.2, 0.25) is 5.02 Å². The molecule has 5 heteroatoms. The van der Waals surface area contributed by atoms with Gasteiger partial charge in [-0.2, -0.15) is 0 Å². The molecule has 1 aromatic carbocycles. The zero-order valence-corrected chi connectivity index (χ0v) is 14.1. The number of aromatic nitrogens is 2. The van der Waals surface area contributed by atoms with Gasteiger partial charge in [0.15, 0.2) is 0 Å². The van der Waals surface area contributed by atoms with Crippen LogP contribution in [0, 0.1) is 0 Å². The van der Waals surface area contributed by atoms with Crippen LogP contribution in [0.1, 0.15) is 31.2 Å². The van der Waals surface area contributed by atoms with E-state index in [4.69, 9.17) is 11.6 Å². The lowest BCUT2D eigenvalue weighted by Gasteiger charge is -2.21. The number of nitrogens with zero attached hydrogens (tertiary/aromatic N) is 3. The van der Waals surface area contributed by atoms with E-state index < -0.39 is 0 Å². The van der Waals surface area contributed by atoms with Gasteiger partial charge in [-0.15, -0.1) is 0 Å². The van der Waals surface area contributed by atoms with Gasteiger partial charge in [-0.05, 0) is 37.0 Å². The molecule has 0 aliphatic carbocycles. The Morgan fingerprint density at radius 3 is 2.48 bits per heavy atom. The van der Waals surface area contributed by atoms with Gasteiger partial charge < -0.3 is 10.2 Å². The summed E-state index contributed by atoms with van der Waals surface area (Å²) in [5, 5.41) is 4.17. The Kier molecular flexibility index (Phi) is 5.70. The molecule has 1 fully saturated rings. The highest BCUT2D eigenvalue weighted by Crippen LogP contribution is 2.19. The molecule has 2 aromatic rings. The summed E-state index contributed by atoms with van der Waals surface area (Å²) in [6, 6.07) is 10.0. The van der Waals surface area contributed by atoms with Crippen LogP contribution in [-0.2, 0) is 6.42 Å². The van der Waals surface area contributed by atoms with Gasteiger partial charge >= 0.3 is 0 Å². The van der Waals surface area contributed by atoms with Crippen LogP contribution in [0.3, 0.4) is 0 Å². The van der Waals surface area contributed by atoms with Crippen molar-refractivity contribution < 1.29 is 0 Å². The molecule has 0 amide bonds. The fraction of sp³-hybridized carbons (Fsp3) is 0.444. The van der Waals surface area contributed by atoms with Crippen molar-refractivity contribution in [3.63, 3.8) is 0 Å². The molecule has 1 aromatic heterocycles. The van der Waals surface area contributed by atoms with E-state index >= 15 is 0 Å². The number of anilines is 2. The van der Waals surface area contributed by atoms with E-state index in [1.165, 1.54) is 31.2 Å². The van der Waals surface area contributed by atoms with E-state index in [1.54, 1.807) is 6.33 Å². The van der Waals surface area contributed by atoms with E-state index in [0.29, 0.717) is 0 Å². The largest absolute Gasteiger partial charge is 0.370 e. The van der Waals surface area contributed by atoms with Crippen LogP contribution in [0.5, 0.6) is 0 Å². The van der Waals surface area contributed by atoms with Crippen molar-refractivity contribution in [2.45, 2.75) is 32.1 Å². The monoisotopic (exact) mass is 330 g/mol. The predicted molar refractivity (Wildman–Crippen MR) is 96.4 cm³/mol. The number of hydrogen-bond acceptors (Lipinski definition) is 4. The SMILES string of the molecule is Clc1ccc(CCNc2cc(N3CCCCCC3)ncn2)cc1. The molecule has 1 N–H and O–H groups in total. The second-order valence-electron chi connectivity index (χ2n) is 5.97. The third-order valence-electron chi connectivity index (χ3n) is 4.22. The summed E-state index contributed by atoms with van der Waals surface area (Å²) >= 11 is 5.91. The van der Waals surface area contributed by atoms with Crippen molar-refractivity contribution in [2.75, 3.05) is 29.9 Å². The fourth-order valence-corrected chi connectivity index (χ4v) is 3.03. The van der Waals surface area contributed by atoms with Gasteiger partial charge in [0.2, 0.25) is 0 Å². The summed E-state index contributed by atoms with van der Waals surface area (Å²) < 4.78 is 0. The maximum atomic E-state index is 5.91. The Bertz CT molecular complexity index is 607. The van der Waals surface area contributed by atoms with Crippen LogP contribution in [0.4, 0.5) is 11.6 Å². The Labute approximate surface area is 142 Å². The summed E-state index contributed by atoms with van der Waals surface area (Å²) in [5.41, 5.74) is 1.27. The lowest BCUT2D eigenvalue weighted by Crippen LogP contribution is -2.25. The molecule has 0 saturated carbocycles. The maximum absolute atomic E-state index is 5.91. The summed E-state index contributed by atoms with van der Waals surface area (Å²) in [6.07, 6.45) is 7.76. The number of benzene rings is 1. The first kappa shape index (κ1) is 16.1. The van der Waals surface area contributed by atoms with E-state index in [-0.39, 0.29) is 0 Å². The Morgan fingerprint density at radius 1 is 1.00 bits per heavy atom. The summed E-state index contributed by atoms with van der Waals surface area (Å²) in [7, 11) is 0. The van der Waals surface area contributed by atoms with Crippen LogP contribution < -0.4 is 10.2 Å². The second-order valence-corrected chi connectivity index (χ2v) is 6.40. The highest BCUT2D eigenvalue weighted by atomic mass is 35.5. The van der Waals surface area contributed by atoms with Crippen LogP contribution >= 0.6 is 11.6 Å². The highest BCUT2D eigenvalue weighted by Gasteiger charge is 2.11. The smallest absolute Gasteiger partial charge is 0.134 e. The Morgan fingerprint density at radius 2 is 1.74 bits per heavy atom. The molecule has 1 aliphatic heterocycles. The van der Waals surface area contributed by atoms with Crippen LogP contribution in [-0.4, -0.2) is 29.6 Å². The van der Waals surface area contributed by atoms with Crippen LogP contribution in [0.25, 0.3) is 0 Å². The van der Waals surface area contributed by atoms with Gasteiger partial charge in [0.1, 0.15) is 18.0 Å². The molecule has 3 rings (SSSR count). The Hall–Kier alpha value is -1.81. The van der Waals surface area contributed by atoms with E-state index in [1.807, 2.05) is 12.1 Å². The minimum atomic E-state index is 0.777. The number of rotatable bonds is 5. The minimum Gasteiger partial charge on any atom is -0.370 e. The molecule has 2 heterocycles. The third-order valence-corrected chi connectivity index (χ3v) is 4.47. The molecular weight excluding hydrogens is 308 g/mol. The normalized spacial score (nSPS) is 15.3. The van der Waals surface area contributed by atoms with Gasteiger partial charge in [-0.1, -0.05) is 36.6 Å². The lowest BCUT2D eigenvalue weighted by atomic mass is 10.1. The van der Waals surface area contributed by atoms with Crippen molar-refractivity contribution >= 4 is 23.2 Å². The number of nitrogens with one attached hydrogen (secondary N) is 1. The molecule has 0 radical (unpaired) electrons. The van der Waals surface area contributed by atoms with Crippen LogP contribution in [0.15, 0.2) is 36.7 Å². The average molecular weight is 331 g/mol. The number of hydrogen-bond donors (Lipinski definition) is 1. The van der Waals surface area contributed by atoms with E-state index in [2.05, 4.69) is 38.4 Å². The Balaban J connectivity index is 1.55. The summed E-state index contributed by atoms with van der Waals surface area (Å²) in [4.78, 5) is 11.1.